The van der Waals surface area contributed by atoms with Crippen molar-refractivity contribution in [2.75, 3.05) is 24.3 Å². The van der Waals surface area contributed by atoms with Gasteiger partial charge in [0.1, 0.15) is 5.75 Å². The minimum Gasteiger partial charge on any atom is -0.497 e. The van der Waals surface area contributed by atoms with Crippen LogP contribution in [-0.4, -0.2) is 31.5 Å². The third kappa shape index (κ3) is 6.91. The van der Waals surface area contributed by atoms with E-state index in [1.165, 1.54) is 6.26 Å². The van der Waals surface area contributed by atoms with Crippen LogP contribution in [-0.2, 0) is 11.3 Å². The number of carbonyl (C=O) groups is 3. The molecule has 0 fully saturated rings. The average Bonchev–Trinajstić information content (AvgIpc) is 3.34. The van der Waals surface area contributed by atoms with Gasteiger partial charge in [0.05, 0.1) is 13.4 Å². The van der Waals surface area contributed by atoms with Crippen LogP contribution in [0.2, 0.25) is 0 Å². The number of anilines is 2. The summed E-state index contributed by atoms with van der Waals surface area (Å²) in [6.07, 6.45) is 1.56. The zero-order chi connectivity index (χ0) is 22.8. The fourth-order valence-corrected chi connectivity index (χ4v) is 2.79. The largest absolute Gasteiger partial charge is 0.497 e. The summed E-state index contributed by atoms with van der Waals surface area (Å²) in [5.41, 5.74) is 2.03. The molecule has 9 heteroatoms. The SMILES string of the molecule is COc1ccc(NC(=O)NCCC(=O)NCc2cccc(NC(=O)c3ccco3)c2)cc1. The van der Waals surface area contributed by atoms with Gasteiger partial charge in [0.15, 0.2) is 5.76 Å². The van der Waals surface area contributed by atoms with Gasteiger partial charge in [-0.3, -0.25) is 9.59 Å². The van der Waals surface area contributed by atoms with Crippen LogP contribution in [0.15, 0.2) is 71.3 Å². The highest BCUT2D eigenvalue weighted by molar-refractivity contribution is 6.02. The fourth-order valence-electron chi connectivity index (χ4n) is 2.79. The highest BCUT2D eigenvalue weighted by Gasteiger charge is 2.09. The second-order valence-corrected chi connectivity index (χ2v) is 6.77. The highest BCUT2D eigenvalue weighted by atomic mass is 16.5. The molecule has 32 heavy (non-hydrogen) atoms. The first-order chi connectivity index (χ1) is 15.5. The first kappa shape index (κ1) is 22.4. The Morgan fingerprint density at radius 3 is 2.44 bits per heavy atom. The summed E-state index contributed by atoms with van der Waals surface area (Å²) in [7, 11) is 1.57. The number of urea groups is 1. The van der Waals surface area contributed by atoms with Gasteiger partial charge in [-0.05, 0) is 54.1 Å². The molecule has 1 heterocycles. The highest BCUT2D eigenvalue weighted by Crippen LogP contribution is 2.15. The number of hydrogen-bond donors (Lipinski definition) is 4. The van der Waals surface area contributed by atoms with E-state index in [2.05, 4.69) is 21.3 Å². The van der Waals surface area contributed by atoms with Crippen molar-refractivity contribution in [3.05, 3.63) is 78.3 Å². The standard InChI is InChI=1S/C23H24N4O5/c1-31-19-9-7-17(8-10-19)27-23(30)24-12-11-21(28)25-15-16-4-2-5-18(14-16)26-22(29)20-6-3-13-32-20/h2-10,13-14H,11-12,15H2,1H3,(H,25,28)(H,26,29)(H2,24,27,30). The summed E-state index contributed by atoms with van der Waals surface area (Å²) in [6, 6.07) is 16.9. The van der Waals surface area contributed by atoms with E-state index in [4.69, 9.17) is 9.15 Å². The maximum Gasteiger partial charge on any atom is 0.319 e. The molecule has 3 aromatic rings. The molecule has 2 aromatic carbocycles. The van der Waals surface area contributed by atoms with E-state index in [0.717, 1.165) is 5.56 Å². The molecule has 0 radical (unpaired) electrons. The van der Waals surface area contributed by atoms with E-state index in [0.29, 0.717) is 23.7 Å². The molecule has 9 nitrogen and oxygen atoms in total. The first-order valence-corrected chi connectivity index (χ1v) is 9.93. The van der Waals surface area contributed by atoms with Gasteiger partial charge in [-0.1, -0.05) is 12.1 Å². The third-order valence-electron chi connectivity index (χ3n) is 4.41. The fraction of sp³-hybridized carbons (Fsp3) is 0.174. The van der Waals surface area contributed by atoms with Gasteiger partial charge in [0.2, 0.25) is 5.91 Å². The summed E-state index contributed by atoms with van der Waals surface area (Å²) in [6.45, 7) is 0.481. The Bertz CT molecular complexity index is 1050. The van der Waals surface area contributed by atoms with Crippen LogP contribution < -0.4 is 26.0 Å². The molecular formula is C23H24N4O5. The second kappa shape index (κ2) is 11.2. The topological polar surface area (TPSA) is 122 Å². The summed E-state index contributed by atoms with van der Waals surface area (Å²) < 4.78 is 10.1. The molecule has 0 aliphatic rings. The van der Waals surface area contributed by atoms with Crippen molar-refractivity contribution in [2.24, 2.45) is 0 Å². The quantitative estimate of drug-likeness (QED) is 0.410. The number of methoxy groups -OCH3 is 1. The molecule has 0 saturated heterocycles. The Balaban J connectivity index is 1.37. The van der Waals surface area contributed by atoms with Crippen LogP contribution in [0.25, 0.3) is 0 Å². The maximum atomic E-state index is 12.1. The normalized spacial score (nSPS) is 10.2. The molecule has 166 valence electrons. The number of amides is 4. The summed E-state index contributed by atoms with van der Waals surface area (Å²) in [5, 5.41) is 10.8. The molecule has 0 spiro atoms. The molecule has 0 aliphatic heterocycles. The molecular weight excluding hydrogens is 412 g/mol. The predicted octanol–water partition coefficient (Wildman–Crippen LogP) is 3.37. The number of furan rings is 1. The number of nitrogens with one attached hydrogen (secondary N) is 4. The van der Waals surface area contributed by atoms with E-state index in [1.807, 2.05) is 6.07 Å². The van der Waals surface area contributed by atoms with Gasteiger partial charge in [0, 0.05) is 30.9 Å². The second-order valence-electron chi connectivity index (χ2n) is 6.77. The smallest absolute Gasteiger partial charge is 0.319 e. The third-order valence-corrected chi connectivity index (χ3v) is 4.41. The Kier molecular flexibility index (Phi) is 7.85. The lowest BCUT2D eigenvalue weighted by Gasteiger charge is -2.10. The van der Waals surface area contributed by atoms with Crippen LogP contribution >= 0.6 is 0 Å². The number of rotatable bonds is 9. The number of ether oxygens (including phenoxy) is 1. The van der Waals surface area contributed by atoms with Crippen molar-refractivity contribution in [1.29, 1.82) is 0 Å². The van der Waals surface area contributed by atoms with Crippen LogP contribution in [0, 0.1) is 0 Å². The van der Waals surface area contributed by atoms with Crippen molar-refractivity contribution in [3.63, 3.8) is 0 Å². The van der Waals surface area contributed by atoms with Gasteiger partial charge >= 0.3 is 6.03 Å². The lowest BCUT2D eigenvalue weighted by atomic mass is 10.2. The number of benzene rings is 2. The first-order valence-electron chi connectivity index (χ1n) is 9.93. The Morgan fingerprint density at radius 1 is 0.906 bits per heavy atom. The van der Waals surface area contributed by atoms with E-state index in [9.17, 15) is 14.4 Å². The van der Waals surface area contributed by atoms with Crippen LogP contribution in [0.1, 0.15) is 22.5 Å². The Morgan fingerprint density at radius 2 is 1.72 bits per heavy atom. The molecule has 0 bridgehead atoms. The monoisotopic (exact) mass is 436 g/mol. The minimum absolute atomic E-state index is 0.130. The summed E-state index contributed by atoms with van der Waals surface area (Å²) in [5.74, 6) is 0.347. The van der Waals surface area contributed by atoms with E-state index in [-0.39, 0.29) is 30.5 Å². The average molecular weight is 436 g/mol. The molecule has 4 amide bonds. The summed E-state index contributed by atoms with van der Waals surface area (Å²) in [4.78, 5) is 36.0. The molecule has 0 unspecified atom stereocenters. The van der Waals surface area contributed by atoms with Crippen LogP contribution in [0.5, 0.6) is 5.75 Å². The minimum atomic E-state index is -0.400. The molecule has 4 N–H and O–H groups in total. The summed E-state index contributed by atoms with van der Waals surface area (Å²) >= 11 is 0. The Hall–Kier alpha value is -4.27. The lowest BCUT2D eigenvalue weighted by molar-refractivity contribution is -0.121. The molecule has 1 aromatic heterocycles. The number of carbonyl (C=O) groups excluding carboxylic acids is 3. The van der Waals surface area contributed by atoms with Crippen LogP contribution in [0.3, 0.4) is 0 Å². The molecule has 3 rings (SSSR count). The van der Waals surface area contributed by atoms with E-state index >= 15 is 0 Å². The predicted molar refractivity (Wildman–Crippen MR) is 120 cm³/mol. The van der Waals surface area contributed by atoms with E-state index in [1.54, 1.807) is 61.7 Å². The van der Waals surface area contributed by atoms with Gasteiger partial charge in [-0.15, -0.1) is 0 Å². The van der Waals surface area contributed by atoms with Crippen molar-refractivity contribution < 1.29 is 23.5 Å². The zero-order valence-electron chi connectivity index (χ0n) is 17.5. The molecule has 0 aliphatic carbocycles. The van der Waals surface area contributed by atoms with Crippen molar-refractivity contribution in [2.45, 2.75) is 13.0 Å². The van der Waals surface area contributed by atoms with Gasteiger partial charge in [-0.2, -0.15) is 0 Å². The van der Waals surface area contributed by atoms with Gasteiger partial charge in [0.25, 0.3) is 5.91 Å². The van der Waals surface area contributed by atoms with Crippen molar-refractivity contribution in [1.82, 2.24) is 10.6 Å². The van der Waals surface area contributed by atoms with Crippen molar-refractivity contribution >= 4 is 29.2 Å². The number of hydrogen-bond acceptors (Lipinski definition) is 5. The zero-order valence-corrected chi connectivity index (χ0v) is 17.5. The Labute approximate surface area is 185 Å². The van der Waals surface area contributed by atoms with Gasteiger partial charge < -0.3 is 30.4 Å². The maximum absolute atomic E-state index is 12.1. The molecule has 0 saturated carbocycles. The molecule has 0 atom stereocenters. The van der Waals surface area contributed by atoms with Gasteiger partial charge in [-0.25, -0.2) is 4.79 Å². The lowest BCUT2D eigenvalue weighted by Crippen LogP contribution is -2.33. The van der Waals surface area contributed by atoms with Crippen LogP contribution in [0.4, 0.5) is 16.2 Å². The van der Waals surface area contributed by atoms with Crippen molar-refractivity contribution in [3.8, 4) is 5.75 Å². The van der Waals surface area contributed by atoms with E-state index < -0.39 is 6.03 Å².